The van der Waals surface area contributed by atoms with Crippen LogP contribution in [0.5, 0.6) is 0 Å². The van der Waals surface area contributed by atoms with Gasteiger partial charge in [0.1, 0.15) is 0 Å². The number of hydrogen-bond acceptors (Lipinski definition) is 4. The Balaban J connectivity index is 1.78. The van der Waals surface area contributed by atoms with Crippen LogP contribution in [0, 0.1) is 28.6 Å². The predicted octanol–water partition coefficient (Wildman–Crippen LogP) is 2.41. The summed E-state index contributed by atoms with van der Waals surface area (Å²) < 4.78 is 26.9. The maximum absolute atomic E-state index is 12.9. The van der Waals surface area contributed by atoms with Crippen LogP contribution in [0.15, 0.2) is 0 Å². The number of nitrogens with zero attached hydrogens (tertiary/aromatic N) is 1. The van der Waals surface area contributed by atoms with Crippen molar-refractivity contribution in [2.24, 2.45) is 22.5 Å². The summed E-state index contributed by atoms with van der Waals surface area (Å²) in [6.45, 7) is 11.1. The second kappa shape index (κ2) is 6.08. The highest BCUT2D eigenvalue weighted by Gasteiger charge is 2.72. The van der Waals surface area contributed by atoms with Gasteiger partial charge in [0.15, 0.2) is 0 Å². The van der Waals surface area contributed by atoms with Crippen molar-refractivity contribution in [3.63, 3.8) is 0 Å². The van der Waals surface area contributed by atoms with E-state index in [9.17, 15) is 13.2 Å². The molecule has 1 spiro atoms. The standard InChI is InChI=1S/C19H32N2O3SSi/c1-18(2)14-9-10-19(18)13-25(23,24)21(16(19)12-14)17(22)15(20)8-6-7-11-26(3,4)5/h14-16H,8-13,20H2,1-5H3/t14-,15+,16-,19-/m1/s1. The molecule has 2 N–H and O–H groups in total. The first-order valence-corrected chi connectivity index (χ1v) is 14.9. The lowest BCUT2D eigenvalue weighted by Crippen LogP contribution is -2.50. The lowest BCUT2D eigenvalue weighted by Gasteiger charge is -2.37. The third-order valence-electron chi connectivity index (χ3n) is 7.01. The Labute approximate surface area is 159 Å². The molecule has 1 amide bonds. The van der Waals surface area contributed by atoms with Gasteiger partial charge in [0, 0.05) is 17.9 Å². The molecule has 3 rings (SSSR count). The van der Waals surface area contributed by atoms with Gasteiger partial charge in [-0.1, -0.05) is 33.5 Å². The summed E-state index contributed by atoms with van der Waals surface area (Å²) in [7, 11) is -4.85. The van der Waals surface area contributed by atoms with Crippen LogP contribution < -0.4 is 5.73 Å². The number of nitrogens with two attached hydrogens (primary N) is 1. The van der Waals surface area contributed by atoms with Crippen molar-refractivity contribution in [1.82, 2.24) is 4.31 Å². The second-order valence-electron chi connectivity index (χ2n) is 10.2. The molecule has 4 atom stereocenters. The molecule has 0 aromatic rings. The minimum atomic E-state index is -3.60. The zero-order valence-electron chi connectivity index (χ0n) is 16.6. The van der Waals surface area contributed by atoms with Gasteiger partial charge in [-0.3, -0.25) is 4.79 Å². The van der Waals surface area contributed by atoms with Crippen molar-refractivity contribution < 1.29 is 13.2 Å². The number of carbonyl (C=O) groups is 1. The molecule has 146 valence electrons. The van der Waals surface area contributed by atoms with E-state index < -0.39 is 30.0 Å². The van der Waals surface area contributed by atoms with Gasteiger partial charge in [-0.25, -0.2) is 12.7 Å². The first-order chi connectivity index (χ1) is 11.8. The van der Waals surface area contributed by atoms with Crippen LogP contribution >= 0.6 is 0 Å². The lowest BCUT2D eigenvalue weighted by atomic mass is 9.69. The summed E-state index contributed by atoms with van der Waals surface area (Å²) in [5, 5.41) is 0. The van der Waals surface area contributed by atoms with Gasteiger partial charge in [0.2, 0.25) is 10.0 Å². The van der Waals surface area contributed by atoms with E-state index in [0.717, 1.165) is 25.3 Å². The number of carbonyl (C=O) groups excluding carboxylic acids is 1. The molecule has 0 aromatic carbocycles. The molecule has 1 saturated heterocycles. The molecule has 1 heterocycles. The van der Waals surface area contributed by atoms with Crippen molar-refractivity contribution in [3.8, 4) is 11.8 Å². The van der Waals surface area contributed by atoms with E-state index in [2.05, 4.69) is 45.3 Å². The maximum atomic E-state index is 12.9. The first kappa shape index (κ1) is 19.9. The molecule has 2 bridgehead atoms. The topological polar surface area (TPSA) is 80.5 Å². The number of rotatable bonds is 3. The third kappa shape index (κ3) is 2.94. The van der Waals surface area contributed by atoms with Crippen molar-refractivity contribution in [2.45, 2.75) is 77.3 Å². The van der Waals surface area contributed by atoms with E-state index in [1.807, 2.05) is 0 Å². The lowest BCUT2D eigenvalue weighted by molar-refractivity contribution is -0.130. The fourth-order valence-electron chi connectivity index (χ4n) is 5.34. The van der Waals surface area contributed by atoms with E-state index >= 15 is 0 Å². The van der Waals surface area contributed by atoms with Crippen molar-refractivity contribution >= 4 is 24.0 Å². The van der Waals surface area contributed by atoms with Crippen LogP contribution in [0.25, 0.3) is 0 Å². The molecular weight excluding hydrogens is 364 g/mol. The minimum Gasteiger partial charge on any atom is -0.319 e. The highest BCUT2D eigenvalue weighted by Crippen LogP contribution is 2.69. The summed E-state index contributed by atoms with van der Waals surface area (Å²) >= 11 is 0. The van der Waals surface area contributed by atoms with Gasteiger partial charge >= 0.3 is 0 Å². The Bertz CT molecular complexity index is 775. The van der Waals surface area contributed by atoms with Gasteiger partial charge in [0.05, 0.1) is 25.9 Å². The molecule has 0 aromatic heterocycles. The smallest absolute Gasteiger partial charge is 0.254 e. The van der Waals surface area contributed by atoms with Crippen LogP contribution in [-0.4, -0.2) is 44.5 Å². The quantitative estimate of drug-likeness (QED) is 0.587. The molecule has 2 aliphatic carbocycles. The van der Waals surface area contributed by atoms with Gasteiger partial charge < -0.3 is 5.73 Å². The zero-order valence-corrected chi connectivity index (χ0v) is 18.4. The summed E-state index contributed by atoms with van der Waals surface area (Å²) in [5.74, 6) is 6.24. The number of hydrogen-bond donors (Lipinski definition) is 1. The molecular formula is C19H32N2O3SSi. The molecule has 7 heteroatoms. The van der Waals surface area contributed by atoms with Crippen molar-refractivity contribution in [3.05, 3.63) is 0 Å². The van der Waals surface area contributed by atoms with E-state index in [4.69, 9.17) is 5.73 Å². The summed E-state index contributed by atoms with van der Waals surface area (Å²) in [6.07, 6.45) is 2.97. The number of fused-ring (bicyclic) bond motifs is 1. The average molecular weight is 397 g/mol. The van der Waals surface area contributed by atoms with Crippen LogP contribution in [-0.2, 0) is 14.8 Å². The largest absolute Gasteiger partial charge is 0.319 e. The van der Waals surface area contributed by atoms with E-state index in [0.29, 0.717) is 5.92 Å². The minimum absolute atomic E-state index is 0.0407. The van der Waals surface area contributed by atoms with Gasteiger partial charge in [-0.15, -0.1) is 11.8 Å². The van der Waals surface area contributed by atoms with Crippen LogP contribution in [0.3, 0.4) is 0 Å². The highest BCUT2D eigenvalue weighted by molar-refractivity contribution is 7.90. The first-order valence-electron chi connectivity index (χ1n) is 9.59. The summed E-state index contributed by atoms with van der Waals surface area (Å²) in [6, 6.07) is -0.219. The third-order valence-corrected chi connectivity index (χ3v) is 10.2. The fourth-order valence-corrected chi connectivity index (χ4v) is 8.58. The Morgan fingerprint density at radius 3 is 2.54 bits per heavy atom. The SMILES string of the molecule is CC1(C)[C@@H]2CC[C@]13CS(=O)(=O)N(C(=O)[C@@H](N)CC#CC[Si](C)(C)C)[C@@H]3C2. The molecule has 5 nitrogen and oxygen atoms in total. The van der Waals surface area contributed by atoms with E-state index in [1.54, 1.807) is 0 Å². The zero-order chi connectivity index (χ0) is 19.5. The Hall–Kier alpha value is -0.843. The molecule has 3 fully saturated rings. The van der Waals surface area contributed by atoms with Crippen molar-refractivity contribution in [1.29, 1.82) is 0 Å². The normalized spacial score (nSPS) is 34.9. The van der Waals surface area contributed by atoms with Gasteiger partial charge in [-0.2, -0.15) is 0 Å². The van der Waals surface area contributed by atoms with E-state index in [1.165, 1.54) is 4.31 Å². The van der Waals surface area contributed by atoms with Gasteiger partial charge in [0.25, 0.3) is 5.91 Å². The number of sulfonamides is 1. The fraction of sp³-hybridized carbons (Fsp3) is 0.842. The summed E-state index contributed by atoms with van der Waals surface area (Å²) in [5.41, 5.74) is 5.73. The average Bonchev–Trinajstić information content (AvgIpc) is 2.96. The highest BCUT2D eigenvalue weighted by atomic mass is 32.2. The Morgan fingerprint density at radius 2 is 1.96 bits per heavy atom. The molecule has 0 radical (unpaired) electrons. The Kier molecular flexibility index (Phi) is 4.66. The van der Waals surface area contributed by atoms with Crippen LogP contribution in [0.1, 0.15) is 39.5 Å². The molecule has 3 aliphatic rings. The maximum Gasteiger partial charge on any atom is 0.254 e. The molecule has 26 heavy (non-hydrogen) atoms. The van der Waals surface area contributed by atoms with Gasteiger partial charge in [-0.05, 0) is 30.6 Å². The number of amides is 1. The molecule has 0 unspecified atom stereocenters. The van der Waals surface area contributed by atoms with Crippen LogP contribution in [0.2, 0.25) is 25.7 Å². The summed E-state index contributed by atoms with van der Waals surface area (Å²) in [4.78, 5) is 12.9. The second-order valence-corrected chi connectivity index (χ2v) is 17.5. The predicted molar refractivity (Wildman–Crippen MR) is 106 cm³/mol. The van der Waals surface area contributed by atoms with Crippen LogP contribution in [0.4, 0.5) is 0 Å². The molecule has 1 aliphatic heterocycles. The van der Waals surface area contributed by atoms with E-state index in [-0.39, 0.29) is 29.0 Å². The van der Waals surface area contributed by atoms with Crippen molar-refractivity contribution in [2.75, 3.05) is 5.75 Å². The molecule has 2 saturated carbocycles. The Morgan fingerprint density at radius 1 is 1.31 bits per heavy atom. The monoisotopic (exact) mass is 396 g/mol.